The van der Waals surface area contributed by atoms with E-state index in [0.29, 0.717) is 16.7 Å². The van der Waals surface area contributed by atoms with Gasteiger partial charge in [-0.25, -0.2) is 0 Å². The first-order valence-corrected chi connectivity index (χ1v) is 11.1. The van der Waals surface area contributed by atoms with Crippen LogP contribution in [0.25, 0.3) is 10.8 Å². The molecule has 2 N–H and O–H groups in total. The average Bonchev–Trinajstić information content (AvgIpc) is 2.83. The van der Waals surface area contributed by atoms with Gasteiger partial charge in [0.05, 0.1) is 7.05 Å². The number of ketones is 1. The number of nitrogens with one attached hydrogen (secondary N) is 2. The van der Waals surface area contributed by atoms with Gasteiger partial charge in [-0.05, 0) is 42.7 Å². The van der Waals surface area contributed by atoms with Crippen molar-refractivity contribution in [1.29, 1.82) is 5.41 Å². The second-order valence-corrected chi connectivity index (χ2v) is 8.54. The van der Waals surface area contributed by atoms with Crippen molar-refractivity contribution in [2.75, 3.05) is 18.9 Å². The zero-order valence-electron chi connectivity index (χ0n) is 19.3. The van der Waals surface area contributed by atoms with E-state index in [1.807, 2.05) is 61.7 Å². The first-order valence-electron chi connectivity index (χ1n) is 11.1. The van der Waals surface area contributed by atoms with Crippen molar-refractivity contribution < 1.29 is 4.79 Å². The lowest BCUT2D eigenvalue weighted by Crippen LogP contribution is -2.50. The molecule has 3 aromatic rings. The Morgan fingerprint density at radius 2 is 2.00 bits per heavy atom. The van der Waals surface area contributed by atoms with E-state index in [0.717, 1.165) is 34.1 Å². The van der Waals surface area contributed by atoms with Crippen molar-refractivity contribution in [3.63, 3.8) is 0 Å². The first kappa shape index (κ1) is 22.4. The highest BCUT2D eigenvalue weighted by Gasteiger charge is 2.38. The number of rotatable bonds is 7. The summed E-state index contributed by atoms with van der Waals surface area (Å²) in [7, 11) is 2.08. The molecule has 5 nitrogen and oxygen atoms in total. The molecule has 1 atom stereocenters. The maximum Gasteiger partial charge on any atom is 0.211 e. The number of nitrogens with zero attached hydrogens (tertiary/aromatic N) is 2. The number of carbonyl (C=O) groups is 1. The summed E-state index contributed by atoms with van der Waals surface area (Å²) in [6.07, 6.45) is 11.6. The molecule has 1 unspecified atom stereocenters. The molecular formula is C28H29N4O+. The smallest absolute Gasteiger partial charge is 0.211 e. The van der Waals surface area contributed by atoms with E-state index in [1.54, 1.807) is 12.4 Å². The minimum atomic E-state index is -0.332. The molecule has 2 aromatic carbocycles. The van der Waals surface area contributed by atoms with Gasteiger partial charge in [-0.1, -0.05) is 37.3 Å². The summed E-state index contributed by atoms with van der Waals surface area (Å²) in [4.78, 5) is 17.3. The third-order valence-electron chi connectivity index (χ3n) is 6.18. The quantitative estimate of drug-likeness (QED) is 0.274. The largest absolute Gasteiger partial charge is 0.362 e. The van der Waals surface area contributed by atoms with Crippen LogP contribution in [0.3, 0.4) is 0 Å². The van der Waals surface area contributed by atoms with Gasteiger partial charge in [-0.2, -0.15) is 0 Å². The summed E-state index contributed by atoms with van der Waals surface area (Å²) in [5, 5.41) is 14.0. The lowest BCUT2D eigenvalue weighted by Gasteiger charge is -2.38. The van der Waals surface area contributed by atoms with E-state index in [4.69, 9.17) is 5.41 Å². The average molecular weight is 438 g/mol. The van der Waals surface area contributed by atoms with E-state index in [-0.39, 0.29) is 11.5 Å². The third kappa shape index (κ3) is 4.54. The molecule has 0 amide bonds. The predicted molar refractivity (Wildman–Crippen MR) is 137 cm³/mol. The Bertz CT molecular complexity index is 1310. The number of quaternary nitrogens is 1. The number of likely N-dealkylation sites (N-methyl/N-ethyl adjacent to an activating group) is 1. The van der Waals surface area contributed by atoms with Crippen LogP contribution in [0.1, 0.15) is 18.9 Å². The highest BCUT2D eigenvalue weighted by atomic mass is 16.1. The number of aryl methyl sites for hydroxylation is 1. The van der Waals surface area contributed by atoms with Crippen molar-refractivity contribution in [2.45, 2.75) is 20.3 Å². The van der Waals surface area contributed by atoms with Gasteiger partial charge in [0.15, 0.2) is 11.4 Å². The normalized spacial score (nSPS) is 18.2. The van der Waals surface area contributed by atoms with Crippen LogP contribution in [0.4, 0.5) is 11.4 Å². The Hall–Kier alpha value is -3.83. The molecule has 0 fully saturated rings. The number of pyridine rings is 1. The van der Waals surface area contributed by atoms with Crippen LogP contribution < -0.4 is 9.80 Å². The number of hydrogen-bond acceptors (Lipinski definition) is 4. The number of carbonyl (C=O) groups excluding carboxylic acids is 1. The molecule has 33 heavy (non-hydrogen) atoms. The van der Waals surface area contributed by atoms with E-state index in [1.165, 1.54) is 11.6 Å². The zero-order chi connectivity index (χ0) is 23.4. The van der Waals surface area contributed by atoms with Gasteiger partial charge < -0.3 is 5.32 Å². The van der Waals surface area contributed by atoms with Gasteiger partial charge in [-0.15, -0.1) is 0 Å². The monoisotopic (exact) mass is 437 g/mol. The fourth-order valence-electron chi connectivity index (χ4n) is 4.37. The molecule has 0 spiro atoms. The number of aromatic nitrogens is 1. The molecule has 0 bridgehead atoms. The molecule has 4 rings (SSSR count). The molecule has 1 aliphatic heterocycles. The van der Waals surface area contributed by atoms with Crippen molar-refractivity contribution in [2.24, 2.45) is 0 Å². The van der Waals surface area contributed by atoms with Crippen molar-refractivity contribution in [1.82, 2.24) is 9.47 Å². The van der Waals surface area contributed by atoms with Gasteiger partial charge >= 0.3 is 0 Å². The van der Waals surface area contributed by atoms with Crippen LogP contribution in [-0.4, -0.2) is 30.1 Å². The molecule has 0 aliphatic carbocycles. The van der Waals surface area contributed by atoms with Crippen molar-refractivity contribution in [3.8, 4) is 0 Å². The minimum Gasteiger partial charge on any atom is -0.362 e. The number of anilines is 1. The molecule has 0 saturated carbocycles. The van der Waals surface area contributed by atoms with Crippen LogP contribution in [-0.2, 0) is 4.79 Å². The van der Waals surface area contributed by atoms with Gasteiger partial charge in [-0.3, -0.25) is 19.7 Å². The minimum absolute atomic E-state index is 0.00254. The maximum atomic E-state index is 13.0. The number of benzene rings is 2. The fourth-order valence-corrected chi connectivity index (χ4v) is 4.37. The molecule has 166 valence electrons. The summed E-state index contributed by atoms with van der Waals surface area (Å²) in [5.41, 5.74) is 5.06. The zero-order valence-corrected chi connectivity index (χ0v) is 19.3. The van der Waals surface area contributed by atoms with Crippen LogP contribution in [0.2, 0.25) is 0 Å². The van der Waals surface area contributed by atoms with Crippen LogP contribution >= 0.6 is 0 Å². The number of allylic oxidation sites excluding steroid dienone is 4. The van der Waals surface area contributed by atoms with E-state index in [2.05, 4.69) is 36.4 Å². The summed E-state index contributed by atoms with van der Waals surface area (Å²) < 4.78 is 0.366. The van der Waals surface area contributed by atoms with Gasteiger partial charge in [0.2, 0.25) is 5.78 Å². The van der Waals surface area contributed by atoms with Crippen LogP contribution in [0.5, 0.6) is 0 Å². The standard InChI is InChI=1S/C28H28N4O/c1-4-21-11-12-26(28(29)27(33)14-16-31-23-9-5-7-20(2)17-23)32(3,19-21)25-10-6-8-22-18-30-15-13-24(22)25/h5-18,29H,4,19H2,1-3H3/p+1. The Morgan fingerprint density at radius 1 is 1.18 bits per heavy atom. The topological polar surface area (TPSA) is 65.8 Å². The van der Waals surface area contributed by atoms with E-state index in [9.17, 15) is 4.79 Å². The predicted octanol–water partition coefficient (Wildman–Crippen LogP) is 5.93. The molecule has 1 aromatic heterocycles. The van der Waals surface area contributed by atoms with Crippen LogP contribution in [0, 0.1) is 12.3 Å². The second kappa shape index (κ2) is 9.35. The summed E-state index contributed by atoms with van der Waals surface area (Å²) in [6.45, 7) is 4.87. The molecule has 0 radical (unpaired) electrons. The number of fused-ring (bicyclic) bond motifs is 1. The first-order chi connectivity index (χ1) is 15.9. The Labute approximate surface area is 194 Å². The molecular weight excluding hydrogens is 408 g/mol. The van der Waals surface area contributed by atoms with Gasteiger partial charge in [0.25, 0.3) is 0 Å². The second-order valence-electron chi connectivity index (χ2n) is 8.54. The molecule has 5 heteroatoms. The summed E-state index contributed by atoms with van der Waals surface area (Å²) >= 11 is 0. The van der Waals surface area contributed by atoms with Crippen molar-refractivity contribution >= 4 is 33.6 Å². The van der Waals surface area contributed by atoms with Gasteiger partial charge in [0.1, 0.15) is 12.2 Å². The Balaban J connectivity index is 1.66. The van der Waals surface area contributed by atoms with E-state index >= 15 is 0 Å². The molecule has 2 heterocycles. The Morgan fingerprint density at radius 3 is 2.79 bits per heavy atom. The molecule has 0 saturated heterocycles. The Kier molecular flexibility index (Phi) is 6.33. The van der Waals surface area contributed by atoms with Gasteiger partial charge in [0, 0.05) is 53.3 Å². The molecule has 1 aliphatic rings. The highest BCUT2D eigenvalue weighted by molar-refractivity contribution is 6.49. The lowest BCUT2D eigenvalue weighted by atomic mass is 9.98. The summed E-state index contributed by atoms with van der Waals surface area (Å²) in [6, 6.07) is 16.1. The SMILES string of the molecule is CCC1=CC=C(C(=N)C(=O)C=CNc2cccc(C)c2)[N+](C)(c2cccc3cnccc23)C1. The fraction of sp³-hybridized carbons (Fsp3) is 0.179. The van der Waals surface area contributed by atoms with E-state index < -0.39 is 0 Å². The summed E-state index contributed by atoms with van der Waals surface area (Å²) in [5.74, 6) is -0.332. The lowest BCUT2D eigenvalue weighted by molar-refractivity contribution is -0.109. The maximum absolute atomic E-state index is 13.0. The third-order valence-corrected chi connectivity index (χ3v) is 6.18. The number of hydrogen-bond donors (Lipinski definition) is 2. The van der Waals surface area contributed by atoms with Crippen molar-refractivity contribution in [3.05, 3.63) is 102 Å². The highest BCUT2D eigenvalue weighted by Crippen LogP contribution is 2.37. The van der Waals surface area contributed by atoms with Crippen LogP contribution in [0.15, 0.2) is 96.6 Å².